The van der Waals surface area contributed by atoms with E-state index in [0.717, 1.165) is 27.7 Å². The van der Waals surface area contributed by atoms with Gasteiger partial charge in [-0.3, -0.25) is 4.98 Å². The molecule has 0 saturated heterocycles. The molecule has 0 unspecified atom stereocenters. The first-order valence-electron chi connectivity index (χ1n) is 9.03. The lowest BCUT2D eigenvalue weighted by Crippen LogP contribution is -2.10. The summed E-state index contributed by atoms with van der Waals surface area (Å²) in [5.41, 5.74) is 4.88. The average Bonchev–Trinajstić information content (AvgIpc) is 3.21. The van der Waals surface area contributed by atoms with E-state index in [0.29, 0.717) is 22.2 Å². The maximum atomic E-state index is 12.5. The molecule has 8 heteroatoms. The highest BCUT2D eigenvalue weighted by atomic mass is 32.2. The number of pyridine rings is 1. The Morgan fingerprint density at radius 3 is 2.62 bits per heavy atom. The molecule has 0 saturated carbocycles. The van der Waals surface area contributed by atoms with Crippen LogP contribution in [0.5, 0.6) is 0 Å². The van der Waals surface area contributed by atoms with E-state index in [1.807, 2.05) is 62.4 Å². The molecule has 2 aromatic heterocycles. The van der Waals surface area contributed by atoms with Gasteiger partial charge in [0.2, 0.25) is 5.16 Å². The molecule has 29 heavy (non-hydrogen) atoms. The summed E-state index contributed by atoms with van der Waals surface area (Å²) < 4.78 is 6.69. The summed E-state index contributed by atoms with van der Waals surface area (Å²) in [5.74, 6) is 0.0389. The van der Waals surface area contributed by atoms with Crippen LogP contribution in [0.15, 0.2) is 53.7 Å². The maximum absolute atomic E-state index is 12.5. The Hall–Kier alpha value is -3.26. The van der Waals surface area contributed by atoms with Crippen LogP contribution in [0.1, 0.15) is 27.2 Å². The van der Waals surface area contributed by atoms with Crippen LogP contribution in [-0.4, -0.2) is 38.3 Å². The average molecular weight is 405 g/mol. The van der Waals surface area contributed by atoms with Crippen molar-refractivity contribution in [3.63, 3.8) is 0 Å². The molecule has 0 atom stereocenters. The lowest BCUT2D eigenvalue weighted by molar-refractivity contribution is 0.0598. The number of hydrogen-bond acceptors (Lipinski definition) is 7. The van der Waals surface area contributed by atoms with Gasteiger partial charge in [0.05, 0.1) is 29.6 Å². The molecule has 0 amide bonds. The first-order chi connectivity index (χ1) is 14.1. The minimum absolute atomic E-state index is 0.394. The highest BCUT2D eigenvalue weighted by molar-refractivity contribution is 7.98. The van der Waals surface area contributed by atoms with Crippen LogP contribution in [0.25, 0.3) is 16.6 Å². The fourth-order valence-corrected chi connectivity index (χ4v) is 4.00. The van der Waals surface area contributed by atoms with Crippen molar-refractivity contribution in [1.82, 2.24) is 25.2 Å². The minimum atomic E-state index is -0.394. The molecule has 0 radical (unpaired) electrons. The topological polar surface area (TPSA) is 82.8 Å². The van der Waals surface area contributed by atoms with Crippen molar-refractivity contribution in [2.45, 2.75) is 24.8 Å². The summed E-state index contributed by atoms with van der Waals surface area (Å²) in [6.07, 6.45) is 0. The number of methoxy groups -OCH3 is 1. The standard InChI is InChI=1S/C21H19N5O2S/c1-13-8-10-15(11-9-13)26-21(23-24-25-26)29-12-18-19(20(27)28-3)14(2)16-6-4-5-7-17(16)22-18/h4-11H,12H2,1-3H3. The van der Waals surface area contributed by atoms with Gasteiger partial charge in [-0.1, -0.05) is 47.7 Å². The van der Waals surface area contributed by atoms with Gasteiger partial charge in [0.15, 0.2) is 0 Å². The van der Waals surface area contributed by atoms with Gasteiger partial charge < -0.3 is 4.74 Å². The summed E-state index contributed by atoms with van der Waals surface area (Å²) in [6.45, 7) is 3.95. The zero-order valence-electron chi connectivity index (χ0n) is 16.3. The minimum Gasteiger partial charge on any atom is -0.465 e. The van der Waals surface area contributed by atoms with Crippen LogP contribution in [0.4, 0.5) is 0 Å². The van der Waals surface area contributed by atoms with E-state index in [-0.39, 0.29) is 0 Å². The van der Waals surface area contributed by atoms with E-state index in [4.69, 9.17) is 9.72 Å². The number of hydrogen-bond donors (Lipinski definition) is 0. The van der Waals surface area contributed by atoms with Gasteiger partial charge in [-0.05, 0) is 48.0 Å². The first-order valence-corrected chi connectivity index (χ1v) is 10.0. The number of fused-ring (bicyclic) bond motifs is 1. The number of ether oxygens (including phenoxy) is 1. The Morgan fingerprint density at radius 2 is 1.86 bits per heavy atom. The van der Waals surface area contributed by atoms with E-state index < -0.39 is 5.97 Å². The van der Waals surface area contributed by atoms with Crippen molar-refractivity contribution in [3.8, 4) is 5.69 Å². The fraction of sp³-hybridized carbons (Fsp3) is 0.190. The molecule has 0 N–H and O–H groups in total. The molecule has 146 valence electrons. The van der Waals surface area contributed by atoms with Crippen molar-refractivity contribution in [2.75, 3.05) is 7.11 Å². The Labute approximate surface area is 172 Å². The third kappa shape index (κ3) is 3.71. The van der Waals surface area contributed by atoms with Crippen molar-refractivity contribution >= 4 is 28.6 Å². The Balaban J connectivity index is 1.70. The Morgan fingerprint density at radius 1 is 1.10 bits per heavy atom. The predicted octanol–water partition coefficient (Wildman–Crippen LogP) is 3.91. The molecule has 0 aliphatic rings. The quantitative estimate of drug-likeness (QED) is 0.368. The summed E-state index contributed by atoms with van der Waals surface area (Å²) in [4.78, 5) is 17.2. The van der Waals surface area contributed by atoms with E-state index in [2.05, 4.69) is 15.5 Å². The van der Waals surface area contributed by atoms with E-state index in [1.54, 1.807) is 4.68 Å². The van der Waals surface area contributed by atoms with E-state index in [9.17, 15) is 4.79 Å². The molecule has 2 heterocycles. The molecular formula is C21H19N5O2S. The van der Waals surface area contributed by atoms with E-state index in [1.165, 1.54) is 18.9 Å². The van der Waals surface area contributed by atoms with Crippen LogP contribution in [0.2, 0.25) is 0 Å². The highest BCUT2D eigenvalue weighted by Crippen LogP contribution is 2.28. The summed E-state index contributed by atoms with van der Waals surface area (Å²) in [7, 11) is 1.38. The largest absolute Gasteiger partial charge is 0.465 e. The predicted molar refractivity (Wildman–Crippen MR) is 111 cm³/mol. The Bertz CT molecular complexity index is 1190. The number of esters is 1. The summed E-state index contributed by atoms with van der Waals surface area (Å²) in [6, 6.07) is 15.7. The third-order valence-corrected chi connectivity index (χ3v) is 5.60. The van der Waals surface area contributed by atoms with Gasteiger partial charge in [-0.2, -0.15) is 4.68 Å². The fourth-order valence-electron chi connectivity index (χ4n) is 3.17. The molecular weight excluding hydrogens is 386 g/mol. The number of nitrogens with zero attached hydrogens (tertiary/aromatic N) is 5. The molecule has 0 fully saturated rings. The normalized spacial score (nSPS) is 11.0. The second-order valence-electron chi connectivity index (χ2n) is 6.56. The van der Waals surface area contributed by atoms with Gasteiger partial charge in [-0.25, -0.2) is 4.79 Å². The maximum Gasteiger partial charge on any atom is 0.340 e. The van der Waals surface area contributed by atoms with Crippen molar-refractivity contribution in [2.24, 2.45) is 0 Å². The van der Waals surface area contributed by atoms with E-state index >= 15 is 0 Å². The number of aryl methyl sites for hydroxylation is 2. The first kappa shape index (κ1) is 19.1. The van der Waals surface area contributed by atoms with Crippen LogP contribution >= 0.6 is 11.8 Å². The van der Waals surface area contributed by atoms with Crippen LogP contribution in [0, 0.1) is 13.8 Å². The number of aromatic nitrogens is 5. The number of rotatable bonds is 5. The molecule has 4 aromatic rings. The monoisotopic (exact) mass is 405 g/mol. The molecule has 2 aromatic carbocycles. The second-order valence-corrected chi connectivity index (χ2v) is 7.51. The summed E-state index contributed by atoms with van der Waals surface area (Å²) >= 11 is 1.42. The second kappa shape index (κ2) is 8.00. The molecule has 7 nitrogen and oxygen atoms in total. The zero-order chi connectivity index (χ0) is 20.4. The number of carbonyl (C=O) groups is 1. The highest BCUT2D eigenvalue weighted by Gasteiger charge is 2.20. The van der Waals surface area contributed by atoms with Gasteiger partial charge >= 0.3 is 5.97 Å². The third-order valence-electron chi connectivity index (χ3n) is 4.67. The summed E-state index contributed by atoms with van der Waals surface area (Å²) in [5, 5.41) is 13.6. The number of benzene rings is 2. The van der Waals surface area contributed by atoms with Gasteiger partial charge in [0, 0.05) is 11.1 Å². The van der Waals surface area contributed by atoms with Gasteiger partial charge in [0.25, 0.3) is 0 Å². The molecule has 0 aliphatic carbocycles. The molecule has 0 spiro atoms. The van der Waals surface area contributed by atoms with Gasteiger partial charge in [-0.15, -0.1) is 5.10 Å². The zero-order valence-corrected chi connectivity index (χ0v) is 17.1. The molecule has 0 aliphatic heterocycles. The number of thioether (sulfide) groups is 1. The van der Waals surface area contributed by atoms with Crippen molar-refractivity contribution in [3.05, 3.63) is 70.9 Å². The smallest absolute Gasteiger partial charge is 0.340 e. The van der Waals surface area contributed by atoms with Crippen molar-refractivity contribution in [1.29, 1.82) is 0 Å². The lowest BCUT2D eigenvalue weighted by Gasteiger charge is -2.13. The van der Waals surface area contributed by atoms with Crippen LogP contribution in [-0.2, 0) is 10.5 Å². The number of carbonyl (C=O) groups excluding carboxylic acids is 1. The lowest BCUT2D eigenvalue weighted by atomic mass is 10.0. The van der Waals surface area contributed by atoms with Crippen LogP contribution in [0.3, 0.4) is 0 Å². The van der Waals surface area contributed by atoms with Gasteiger partial charge in [0.1, 0.15) is 0 Å². The SMILES string of the molecule is COC(=O)c1c(CSc2nnnn2-c2ccc(C)cc2)nc2ccccc2c1C. The van der Waals surface area contributed by atoms with Crippen molar-refractivity contribution < 1.29 is 9.53 Å². The number of para-hydroxylation sites is 1. The van der Waals surface area contributed by atoms with Crippen LogP contribution < -0.4 is 0 Å². The molecule has 0 bridgehead atoms. The number of tetrazole rings is 1. The Kier molecular flexibility index (Phi) is 5.26. The molecule has 4 rings (SSSR count).